The van der Waals surface area contributed by atoms with Crippen molar-refractivity contribution in [2.75, 3.05) is 139 Å². The topological polar surface area (TPSA) is 241 Å². The Labute approximate surface area is 392 Å². The highest BCUT2D eigenvalue weighted by Gasteiger charge is 2.44. The third kappa shape index (κ3) is 23.3. The molecule has 1 aliphatic heterocycles. The predicted molar refractivity (Wildman–Crippen MR) is 242 cm³/mol. The zero-order valence-corrected chi connectivity index (χ0v) is 40.0. The monoisotopic (exact) mass is 956 g/mol. The highest BCUT2D eigenvalue weighted by atomic mass is 32.1. The number of aromatic nitrogens is 1. The number of aliphatic hydroxyl groups is 1. The Morgan fingerprint density at radius 3 is 1.52 bits per heavy atom. The number of nitrogens with zero attached hydrogens (tertiary/aromatic N) is 2. The van der Waals surface area contributed by atoms with Crippen LogP contribution in [0.3, 0.4) is 0 Å². The van der Waals surface area contributed by atoms with E-state index in [2.05, 4.69) is 15.6 Å². The number of aliphatic carboxylic acids is 1. The Bertz CT molecular complexity index is 1660. The van der Waals surface area contributed by atoms with Gasteiger partial charge in [0.2, 0.25) is 17.7 Å². The Balaban J connectivity index is 1.15. The first-order chi connectivity index (χ1) is 31.8. The van der Waals surface area contributed by atoms with Gasteiger partial charge in [0.15, 0.2) is 0 Å². The lowest BCUT2D eigenvalue weighted by Crippen LogP contribution is -2.58. The first-order valence-electron chi connectivity index (χ1n) is 22.4. The van der Waals surface area contributed by atoms with E-state index >= 15 is 0 Å². The molecule has 3 amide bonds. The summed E-state index contributed by atoms with van der Waals surface area (Å²) in [5.41, 5.74) is 4.00. The van der Waals surface area contributed by atoms with Gasteiger partial charge in [-0.2, -0.15) is 0 Å². The number of ether oxygens (including phenoxy) is 10. The molecule has 2 aromatic rings. The summed E-state index contributed by atoms with van der Waals surface area (Å²) >= 11 is 1.57. The van der Waals surface area contributed by atoms with Crippen molar-refractivity contribution < 1.29 is 76.8 Å². The summed E-state index contributed by atoms with van der Waals surface area (Å²) in [6, 6.07) is 5.68. The molecule has 66 heavy (non-hydrogen) atoms. The molecule has 4 atom stereocenters. The molecular weight excluding hydrogens is 885 g/mol. The van der Waals surface area contributed by atoms with Crippen molar-refractivity contribution in [3.63, 3.8) is 0 Å². The fourth-order valence-electron chi connectivity index (χ4n) is 6.42. The Kier molecular flexibility index (Phi) is 28.2. The van der Waals surface area contributed by atoms with Gasteiger partial charge in [0.25, 0.3) is 0 Å². The third-order valence-electron chi connectivity index (χ3n) is 9.87. The zero-order chi connectivity index (χ0) is 48.0. The van der Waals surface area contributed by atoms with E-state index in [1.165, 1.54) is 4.90 Å². The van der Waals surface area contributed by atoms with Crippen LogP contribution in [0.25, 0.3) is 10.4 Å². The molecule has 1 saturated heterocycles. The van der Waals surface area contributed by atoms with Crippen LogP contribution in [0.1, 0.15) is 51.4 Å². The number of carbonyl (C=O) groups is 4. The summed E-state index contributed by atoms with van der Waals surface area (Å²) in [6.07, 6.45) is -0.792. The highest BCUT2D eigenvalue weighted by molar-refractivity contribution is 7.13. The van der Waals surface area contributed by atoms with E-state index < -0.39 is 41.4 Å². The largest absolute Gasteiger partial charge is 0.480 e. The van der Waals surface area contributed by atoms with Crippen molar-refractivity contribution in [1.29, 1.82) is 0 Å². The minimum absolute atomic E-state index is 0.0235. The second-order valence-corrected chi connectivity index (χ2v) is 17.1. The second kappa shape index (κ2) is 32.9. The van der Waals surface area contributed by atoms with Gasteiger partial charge in [0.05, 0.1) is 147 Å². The Morgan fingerprint density at radius 2 is 1.12 bits per heavy atom. The lowest BCUT2D eigenvalue weighted by atomic mass is 9.85. The van der Waals surface area contributed by atoms with E-state index in [4.69, 9.17) is 52.5 Å². The van der Waals surface area contributed by atoms with Crippen LogP contribution in [-0.2, 0) is 66.5 Å². The molecule has 0 spiro atoms. The maximum absolute atomic E-state index is 13.9. The number of thiazole rings is 1. The van der Waals surface area contributed by atoms with Crippen LogP contribution < -0.4 is 10.6 Å². The maximum Gasteiger partial charge on any atom is 0.329 e. The van der Waals surface area contributed by atoms with E-state index in [-0.39, 0.29) is 57.9 Å². The standard InChI is InChI=1S/C45H72N4O16S/c1-33(35-6-8-36(9-7-35)41-34(2)46-32-66-41)47-43(54)38-28-37(50)29-49(38)44(55)42(45(3,4)5)48-39(51)30-64-26-24-62-22-20-60-18-16-58-14-12-56-10-11-57-13-15-59-17-19-61-21-23-63-25-27-65-31-40(52)53/h6-9,32-33,37-38,42,50H,10-31H2,1-5H3,(H,47,54)(H,48,51)(H,52,53). The molecule has 1 fully saturated rings. The number of carbonyl (C=O) groups excluding carboxylic acids is 3. The number of hydrogen-bond donors (Lipinski definition) is 4. The number of carboxylic acids is 1. The number of rotatable bonds is 37. The lowest BCUT2D eigenvalue weighted by molar-refractivity contribution is -0.144. The number of nitrogens with one attached hydrogen (secondary N) is 2. The average molecular weight is 957 g/mol. The molecule has 0 aliphatic carbocycles. The number of benzene rings is 1. The van der Waals surface area contributed by atoms with Crippen LogP contribution in [0.4, 0.5) is 0 Å². The van der Waals surface area contributed by atoms with Crippen molar-refractivity contribution >= 4 is 35.0 Å². The van der Waals surface area contributed by atoms with Gasteiger partial charge in [-0.25, -0.2) is 9.78 Å². The molecule has 1 aromatic heterocycles. The van der Waals surface area contributed by atoms with Gasteiger partial charge in [-0.3, -0.25) is 14.4 Å². The van der Waals surface area contributed by atoms with Crippen molar-refractivity contribution in [1.82, 2.24) is 20.5 Å². The van der Waals surface area contributed by atoms with Gasteiger partial charge in [-0.15, -0.1) is 11.3 Å². The minimum Gasteiger partial charge on any atom is -0.480 e. The number of amides is 3. The van der Waals surface area contributed by atoms with Crippen LogP contribution in [0.5, 0.6) is 0 Å². The number of carboxylic acid groups (broad SMARTS) is 1. The van der Waals surface area contributed by atoms with Crippen LogP contribution in [0, 0.1) is 12.3 Å². The van der Waals surface area contributed by atoms with E-state index in [0.29, 0.717) is 99.1 Å². The number of β-amino-alcohol motifs (C(OH)–C–C–N with tert-alkyl or cyclic N) is 1. The molecule has 0 bridgehead atoms. The van der Waals surface area contributed by atoms with E-state index in [0.717, 1.165) is 21.7 Å². The van der Waals surface area contributed by atoms with Crippen LogP contribution in [0.2, 0.25) is 0 Å². The molecule has 21 heteroatoms. The van der Waals surface area contributed by atoms with Crippen molar-refractivity contribution in [3.05, 3.63) is 41.0 Å². The number of aryl methyl sites for hydroxylation is 1. The summed E-state index contributed by atoms with van der Waals surface area (Å²) in [7, 11) is 0. The van der Waals surface area contributed by atoms with Gasteiger partial charge < -0.3 is 73.1 Å². The molecule has 0 radical (unpaired) electrons. The first-order valence-corrected chi connectivity index (χ1v) is 23.2. The number of likely N-dealkylation sites (tertiary alicyclic amines) is 1. The molecule has 0 saturated carbocycles. The fraction of sp³-hybridized carbons (Fsp3) is 0.711. The van der Waals surface area contributed by atoms with Gasteiger partial charge in [-0.1, -0.05) is 45.0 Å². The highest BCUT2D eigenvalue weighted by Crippen LogP contribution is 2.29. The normalized spacial score (nSPS) is 16.1. The van der Waals surface area contributed by atoms with Crippen molar-refractivity contribution in [2.24, 2.45) is 5.41 Å². The average Bonchev–Trinajstić information content (AvgIpc) is 3.90. The summed E-state index contributed by atoms with van der Waals surface area (Å²) in [5, 5.41) is 24.8. The quantitative estimate of drug-likeness (QED) is 0.0709. The Hall–Kier alpha value is -3.71. The van der Waals surface area contributed by atoms with E-state index in [1.807, 2.05) is 64.4 Å². The molecule has 374 valence electrons. The molecule has 1 aromatic carbocycles. The van der Waals surface area contributed by atoms with Crippen LogP contribution in [-0.4, -0.2) is 201 Å². The maximum atomic E-state index is 13.9. The molecule has 4 N–H and O–H groups in total. The van der Waals surface area contributed by atoms with E-state index in [9.17, 15) is 24.3 Å². The Morgan fingerprint density at radius 1 is 0.697 bits per heavy atom. The van der Waals surface area contributed by atoms with E-state index in [1.54, 1.807) is 11.3 Å². The third-order valence-corrected chi connectivity index (χ3v) is 10.8. The summed E-state index contributed by atoms with van der Waals surface area (Å²) in [6.45, 7) is 15.4. The number of aliphatic hydroxyl groups excluding tert-OH is 1. The van der Waals surface area contributed by atoms with Gasteiger partial charge in [0, 0.05) is 13.0 Å². The smallest absolute Gasteiger partial charge is 0.329 e. The first kappa shape index (κ1) is 56.6. The summed E-state index contributed by atoms with van der Waals surface area (Å²) in [4.78, 5) is 57.5. The minimum atomic E-state index is -1.01. The van der Waals surface area contributed by atoms with Gasteiger partial charge >= 0.3 is 5.97 Å². The predicted octanol–water partition coefficient (Wildman–Crippen LogP) is 2.04. The summed E-state index contributed by atoms with van der Waals surface area (Å²) in [5.74, 6) is -2.33. The lowest BCUT2D eigenvalue weighted by Gasteiger charge is -2.35. The number of hydrogen-bond acceptors (Lipinski definition) is 17. The van der Waals surface area contributed by atoms with Gasteiger partial charge in [-0.05, 0) is 30.4 Å². The SMILES string of the molecule is Cc1ncsc1-c1ccc(C(C)NC(=O)C2CC(O)CN2C(=O)C(NC(=O)COCCOCCOCCOCCOCCOCCOCCOCCOCCOCC(=O)O)C(C)(C)C)cc1. The van der Waals surface area contributed by atoms with Crippen molar-refractivity contribution in [2.45, 2.75) is 65.3 Å². The molecule has 1 aliphatic rings. The van der Waals surface area contributed by atoms with Gasteiger partial charge in [0.1, 0.15) is 25.3 Å². The summed E-state index contributed by atoms with van der Waals surface area (Å²) < 4.78 is 53.9. The fourth-order valence-corrected chi connectivity index (χ4v) is 7.23. The molecule has 3 rings (SSSR count). The molecule has 4 unspecified atom stereocenters. The zero-order valence-electron chi connectivity index (χ0n) is 39.2. The molecule has 20 nitrogen and oxygen atoms in total. The van der Waals surface area contributed by atoms with Crippen LogP contribution in [0.15, 0.2) is 29.8 Å². The molecule has 2 heterocycles. The van der Waals surface area contributed by atoms with Crippen LogP contribution >= 0.6 is 11.3 Å². The van der Waals surface area contributed by atoms with Crippen molar-refractivity contribution in [3.8, 4) is 10.4 Å². The molecular formula is C45H72N4O16S. The second-order valence-electron chi connectivity index (χ2n) is 16.3.